The standard InChI is InChI=1S/C25H35N3O3/c1-18-17-24(19(2)20(3)25(18)31-21(4)29)30-16-8-7-11-27-12-14-28(15-13-27)23-10-6-5-9-22(23)26/h5-6,9-10,17H,7-8,11-16,26H2,1-4H3. The van der Waals surface area contributed by atoms with Crippen LogP contribution in [0.15, 0.2) is 30.3 Å². The maximum Gasteiger partial charge on any atom is 0.308 e. The number of piperazine rings is 1. The zero-order valence-corrected chi connectivity index (χ0v) is 19.2. The number of unbranched alkanes of at least 4 members (excludes halogenated alkanes) is 1. The lowest BCUT2D eigenvalue weighted by atomic mass is 10.0. The van der Waals surface area contributed by atoms with Crippen LogP contribution in [0.4, 0.5) is 11.4 Å². The van der Waals surface area contributed by atoms with Gasteiger partial charge in [-0.05, 0) is 75.0 Å². The van der Waals surface area contributed by atoms with Crippen LogP contribution in [0.25, 0.3) is 0 Å². The van der Waals surface area contributed by atoms with Gasteiger partial charge in [0.05, 0.1) is 18.0 Å². The SMILES string of the molecule is CC(=O)Oc1c(C)cc(OCCCCN2CCN(c3ccccc3N)CC2)c(C)c1C. The number of esters is 1. The van der Waals surface area contributed by atoms with Crippen molar-refractivity contribution in [3.63, 3.8) is 0 Å². The monoisotopic (exact) mass is 425 g/mol. The minimum Gasteiger partial charge on any atom is -0.493 e. The summed E-state index contributed by atoms with van der Waals surface area (Å²) in [6, 6.07) is 10.1. The summed E-state index contributed by atoms with van der Waals surface area (Å²) in [5, 5.41) is 0. The molecule has 0 amide bonds. The normalized spacial score (nSPS) is 14.5. The molecule has 1 heterocycles. The molecule has 0 saturated carbocycles. The lowest BCUT2D eigenvalue weighted by Crippen LogP contribution is -2.46. The third-order valence-electron chi connectivity index (χ3n) is 6.00. The molecule has 6 nitrogen and oxygen atoms in total. The number of aryl methyl sites for hydroxylation is 1. The van der Waals surface area contributed by atoms with Gasteiger partial charge < -0.3 is 20.1 Å². The molecule has 0 aromatic heterocycles. The second kappa shape index (κ2) is 10.5. The largest absolute Gasteiger partial charge is 0.493 e. The van der Waals surface area contributed by atoms with Crippen molar-refractivity contribution in [3.8, 4) is 11.5 Å². The molecule has 6 heteroatoms. The van der Waals surface area contributed by atoms with E-state index in [1.165, 1.54) is 6.92 Å². The Labute approximate surface area is 185 Å². The first-order chi connectivity index (χ1) is 14.9. The lowest BCUT2D eigenvalue weighted by molar-refractivity contribution is -0.131. The number of carbonyl (C=O) groups is 1. The highest BCUT2D eigenvalue weighted by molar-refractivity contribution is 5.71. The van der Waals surface area contributed by atoms with Crippen LogP contribution in [0, 0.1) is 20.8 Å². The average Bonchev–Trinajstić information content (AvgIpc) is 2.75. The van der Waals surface area contributed by atoms with Gasteiger partial charge in [-0.1, -0.05) is 12.1 Å². The fraction of sp³-hybridized carbons (Fsp3) is 0.480. The van der Waals surface area contributed by atoms with Gasteiger partial charge in [-0.15, -0.1) is 0 Å². The summed E-state index contributed by atoms with van der Waals surface area (Å²) in [5.41, 5.74) is 11.0. The number of nitrogen functional groups attached to an aromatic ring is 1. The van der Waals surface area contributed by atoms with Gasteiger partial charge in [-0.25, -0.2) is 0 Å². The van der Waals surface area contributed by atoms with Gasteiger partial charge in [0.2, 0.25) is 0 Å². The molecular formula is C25H35N3O3. The lowest BCUT2D eigenvalue weighted by Gasteiger charge is -2.36. The van der Waals surface area contributed by atoms with Gasteiger partial charge >= 0.3 is 5.97 Å². The minimum atomic E-state index is -0.299. The number of nitrogens with zero attached hydrogens (tertiary/aromatic N) is 2. The zero-order valence-electron chi connectivity index (χ0n) is 19.2. The van der Waals surface area contributed by atoms with E-state index in [1.54, 1.807) is 0 Å². The minimum absolute atomic E-state index is 0.299. The Bertz CT molecular complexity index is 905. The van der Waals surface area contributed by atoms with E-state index >= 15 is 0 Å². The predicted octanol–water partition coefficient (Wildman–Crippen LogP) is 4.10. The topological polar surface area (TPSA) is 68.0 Å². The van der Waals surface area contributed by atoms with Crippen LogP contribution in [-0.4, -0.2) is 50.2 Å². The average molecular weight is 426 g/mol. The van der Waals surface area contributed by atoms with Crippen molar-refractivity contribution >= 4 is 17.3 Å². The predicted molar refractivity (Wildman–Crippen MR) is 126 cm³/mol. The first kappa shape index (κ1) is 22.9. The molecule has 0 aliphatic carbocycles. The highest BCUT2D eigenvalue weighted by Gasteiger charge is 2.18. The molecule has 2 N–H and O–H groups in total. The van der Waals surface area contributed by atoms with Gasteiger partial charge in [-0.3, -0.25) is 9.69 Å². The van der Waals surface area contributed by atoms with E-state index in [2.05, 4.69) is 15.9 Å². The molecule has 1 fully saturated rings. The summed E-state index contributed by atoms with van der Waals surface area (Å²) < 4.78 is 11.4. The van der Waals surface area contributed by atoms with Crippen molar-refractivity contribution in [1.29, 1.82) is 0 Å². The van der Waals surface area contributed by atoms with Crippen molar-refractivity contribution in [3.05, 3.63) is 47.0 Å². The van der Waals surface area contributed by atoms with Crippen LogP contribution >= 0.6 is 0 Å². The van der Waals surface area contributed by atoms with Gasteiger partial charge in [0.15, 0.2) is 0 Å². The second-order valence-corrected chi connectivity index (χ2v) is 8.31. The maximum absolute atomic E-state index is 11.3. The molecule has 3 rings (SSSR count). The maximum atomic E-state index is 11.3. The summed E-state index contributed by atoms with van der Waals surface area (Å²) in [7, 11) is 0. The molecule has 0 spiro atoms. The molecule has 0 radical (unpaired) electrons. The van der Waals surface area contributed by atoms with E-state index < -0.39 is 0 Å². The van der Waals surface area contributed by atoms with Gasteiger partial charge in [0.1, 0.15) is 11.5 Å². The number of benzene rings is 2. The summed E-state index contributed by atoms with van der Waals surface area (Å²) in [6.07, 6.45) is 2.12. The van der Waals surface area contributed by atoms with E-state index in [-0.39, 0.29) is 5.97 Å². The first-order valence-corrected chi connectivity index (χ1v) is 11.1. The Morgan fingerprint density at radius 1 is 1.03 bits per heavy atom. The molecular weight excluding hydrogens is 390 g/mol. The number of hydrogen-bond acceptors (Lipinski definition) is 6. The number of hydrogen-bond donors (Lipinski definition) is 1. The van der Waals surface area contributed by atoms with Gasteiger partial charge in [-0.2, -0.15) is 0 Å². The highest BCUT2D eigenvalue weighted by Crippen LogP contribution is 2.33. The highest BCUT2D eigenvalue weighted by atomic mass is 16.5. The molecule has 168 valence electrons. The molecule has 31 heavy (non-hydrogen) atoms. The third kappa shape index (κ3) is 5.91. The Morgan fingerprint density at radius 2 is 1.74 bits per heavy atom. The van der Waals surface area contributed by atoms with Crippen molar-refractivity contribution < 1.29 is 14.3 Å². The molecule has 0 unspecified atom stereocenters. The molecule has 2 aromatic carbocycles. The van der Waals surface area contributed by atoms with Crippen molar-refractivity contribution in [2.24, 2.45) is 0 Å². The first-order valence-electron chi connectivity index (χ1n) is 11.1. The smallest absolute Gasteiger partial charge is 0.308 e. The number of rotatable bonds is 8. The Kier molecular flexibility index (Phi) is 7.80. The van der Waals surface area contributed by atoms with Gasteiger partial charge in [0.25, 0.3) is 0 Å². The quantitative estimate of drug-likeness (QED) is 0.297. The van der Waals surface area contributed by atoms with Crippen molar-refractivity contribution in [2.75, 3.05) is 50.0 Å². The van der Waals surface area contributed by atoms with Crippen LogP contribution in [-0.2, 0) is 4.79 Å². The number of carbonyl (C=O) groups excluding carboxylic acids is 1. The second-order valence-electron chi connectivity index (χ2n) is 8.31. The molecule has 0 bridgehead atoms. The Balaban J connectivity index is 1.40. The fourth-order valence-corrected chi connectivity index (χ4v) is 4.08. The summed E-state index contributed by atoms with van der Waals surface area (Å²) in [6.45, 7) is 13.3. The van der Waals surface area contributed by atoms with Gasteiger partial charge in [0, 0.05) is 33.1 Å². The van der Waals surface area contributed by atoms with E-state index in [0.29, 0.717) is 12.4 Å². The molecule has 0 atom stereocenters. The summed E-state index contributed by atoms with van der Waals surface area (Å²) >= 11 is 0. The Morgan fingerprint density at radius 3 is 2.42 bits per heavy atom. The van der Waals surface area contributed by atoms with Crippen LogP contribution in [0.5, 0.6) is 11.5 Å². The van der Waals surface area contributed by atoms with Crippen LogP contribution in [0.1, 0.15) is 36.5 Å². The molecule has 1 saturated heterocycles. The Hall–Kier alpha value is -2.73. The van der Waals surface area contributed by atoms with Crippen molar-refractivity contribution in [2.45, 2.75) is 40.5 Å². The molecule has 1 aliphatic heterocycles. The zero-order chi connectivity index (χ0) is 22.4. The van der Waals surface area contributed by atoms with Crippen molar-refractivity contribution in [1.82, 2.24) is 4.90 Å². The fourth-order valence-electron chi connectivity index (χ4n) is 4.08. The number of ether oxygens (including phenoxy) is 2. The number of para-hydroxylation sites is 2. The van der Waals surface area contributed by atoms with E-state index in [9.17, 15) is 4.79 Å². The van der Waals surface area contributed by atoms with Crippen LogP contribution in [0.3, 0.4) is 0 Å². The summed E-state index contributed by atoms with van der Waals surface area (Å²) in [5.74, 6) is 1.22. The number of anilines is 2. The van der Waals surface area contributed by atoms with E-state index in [4.69, 9.17) is 15.2 Å². The third-order valence-corrected chi connectivity index (χ3v) is 6.00. The molecule has 1 aliphatic rings. The number of nitrogens with two attached hydrogens (primary N) is 1. The van der Waals surface area contributed by atoms with E-state index in [0.717, 1.165) is 79.4 Å². The summed E-state index contributed by atoms with van der Waals surface area (Å²) in [4.78, 5) is 16.2. The molecule has 2 aromatic rings. The van der Waals surface area contributed by atoms with Crippen LogP contribution in [0.2, 0.25) is 0 Å². The van der Waals surface area contributed by atoms with Crippen LogP contribution < -0.4 is 20.1 Å². The van der Waals surface area contributed by atoms with E-state index in [1.807, 2.05) is 45.0 Å².